The zero-order chi connectivity index (χ0) is 13.7. The van der Waals surface area contributed by atoms with E-state index in [1.54, 1.807) is 32.0 Å². The minimum Gasteiger partial charge on any atom is -0.463 e. The molecule has 1 unspecified atom stereocenters. The molecule has 0 amide bonds. The number of carbonyl (C=O) groups excluding carboxylic acids is 1. The molecule has 18 heavy (non-hydrogen) atoms. The Bertz CT molecular complexity index is 445. The summed E-state index contributed by atoms with van der Waals surface area (Å²) in [5.41, 5.74) is 6.06. The fraction of sp³-hybridized carbons (Fsp3) is 0.417. The SMILES string of the molecule is CC(C)OC(=O)CC(N)c1ccccc1[N+](=O)[O-]. The van der Waals surface area contributed by atoms with Crippen LogP contribution in [0.3, 0.4) is 0 Å². The third-order valence-corrected chi connectivity index (χ3v) is 2.29. The Balaban J connectivity index is 2.81. The molecule has 1 rings (SSSR count). The maximum absolute atomic E-state index is 11.4. The lowest BCUT2D eigenvalue weighted by Gasteiger charge is -2.13. The van der Waals surface area contributed by atoms with Crippen molar-refractivity contribution < 1.29 is 14.5 Å². The molecular formula is C12H16N2O4. The number of para-hydroxylation sites is 1. The van der Waals surface area contributed by atoms with Crippen molar-refractivity contribution in [3.8, 4) is 0 Å². The molecule has 0 aliphatic heterocycles. The fourth-order valence-electron chi connectivity index (χ4n) is 1.57. The minimum atomic E-state index is -0.738. The second kappa shape index (κ2) is 6.11. The molecule has 0 saturated carbocycles. The number of nitro groups is 1. The predicted molar refractivity (Wildman–Crippen MR) is 65.9 cm³/mol. The van der Waals surface area contributed by atoms with Crippen LogP contribution in [-0.2, 0) is 9.53 Å². The Kier molecular flexibility index (Phi) is 4.79. The van der Waals surface area contributed by atoms with Gasteiger partial charge in [0.25, 0.3) is 5.69 Å². The van der Waals surface area contributed by atoms with Crippen molar-refractivity contribution in [2.75, 3.05) is 0 Å². The number of esters is 1. The predicted octanol–water partition coefficient (Wildman–Crippen LogP) is 1.94. The molecule has 0 spiro atoms. The molecule has 0 aliphatic rings. The second-order valence-corrected chi connectivity index (χ2v) is 4.17. The quantitative estimate of drug-likeness (QED) is 0.490. The van der Waals surface area contributed by atoms with Crippen LogP contribution in [-0.4, -0.2) is 17.0 Å². The van der Waals surface area contributed by atoms with Crippen molar-refractivity contribution in [1.82, 2.24) is 0 Å². The van der Waals surface area contributed by atoms with Gasteiger partial charge < -0.3 is 10.5 Å². The number of benzene rings is 1. The van der Waals surface area contributed by atoms with Crippen molar-refractivity contribution in [2.24, 2.45) is 5.73 Å². The molecule has 2 N–H and O–H groups in total. The highest BCUT2D eigenvalue weighted by atomic mass is 16.6. The van der Waals surface area contributed by atoms with Gasteiger partial charge in [0.15, 0.2) is 0 Å². The summed E-state index contributed by atoms with van der Waals surface area (Å²) in [5.74, 6) is -0.462. The first-order valence-electron chi connectivity index (χ1n) is 5.60. The van der Waals surface area contributed by atoms with E-state index >= 15 is 0 Å². The van der Waals surface area contributed by atoms with Crippen LogP contribution in [0, 0.1) is 10.1 Å². The van der Waals surface area contributed by atoms with Gasteiger partial charge in [-0.15, -0.1) is 0 Å². The number of nitrogens with two attached hydrogens (primary N) is 1. The molecule has 6 nitrogen and oxygen atoms in total. The van der Waals surface area contributed by atoms with Crippen molar-refractivity contribution in [3.05, 3.63) is 39.9 Å². The zero-order valence-corrected chi connectivity index (χ0v) is 10.3. The second-order valence-electron chi connectivity index (χ2n) is 4.17. The van der Waals surface area contributed by atoms with E-state index in [9.17, 15) is 14.9 Å². The van der Waals surface area contributed by atoms with Crippen LogP contribution in [0.15, 0.2) is 24.3 Å². The van der Waals surface area contributed by atoms with Gasteiger partial charge in [-0.3, -0.25) is 14.9 Å². The van der Waals surface area contributed by atoms with Crippen LogP contribution in [0.4, 0.5) is 5.69 Å². The molecule has 1 atom stereocenters. The summed E-state index contributed by atoms with van der Waals surface area (Å²) < 4.78 is 4.95. The summed E-state index contributed by atoms with van der Waals surface area (Å²) in [6, 6.07) is 5.38. The first-order valence-corrected chi connectivity index (χ1v) is 5.60. The van der Waals surface area contributed by atoms with Crippen molar-refractivity contribution in [1.29, 1.82) is 0 Å². The molecule has 0 radical (unpaired) electrons. The Hall–Kier alpha value is -1.95. The lowest BCUT2D eigenvalue weighted by molar-refractivity contribution is -0.385. The van der Waals surface area contributed by atoms with Crippen molar-refractivity contribution in [2.45, 2.75) is 32.4 Å². The van der Waals surface area contributed by atoms with Crippen molar-refractivity contribution >= 4 is 11.7 Å². The number of rotatable bonds is 5. The van der Waals surface area contributed by atoms with E-state index < -0.39 is 16.9 Å². The third kappa shape index (κ3) is 3.81. The van der Waals surface area contributed by atoms with Gasteiger partial charge >= 0.3 is 5.97 Å². The molecule has 0 aliphatic carbocycles. The Morgan fingerprint density at radius 2 is 2.06 bits per heavy atom. The fourth-order valence-corrected chi connectivity index (χ4v) is 1.57. The van der Waals surface area contributed by atoms with Gasteiger partial charge in [-0.1, -0.05) is 18.2 Å². The monoisotopic (exact) mass is 252 g/mol. The summed E-state index contributed by atoms with van der Waals surface area (Å²) in [6.07, 6.45) is -0.307. The van der Waals surface area contributed by atoms with E-state index in [1.165, 1.54) is 6.07 Å². The Morgan fingerprint density at radius 1 is 1.44 bits per heavy atom. The Morgan fingerprint density at radius 3 is 2.61 bits per heavy atom. The van der Waals surface area contributed by atoms with Gasteiger partial charge in [0.1, 0.15) is 0 Å². The molecule has 6 heteroatoms. The van der Waals surface area contributed by atoms with E-state index in [0.717, 1.165) is 0 Å². The largest absolute Gasteiger partial charge is 0.463 e. The summed E-state index contributed by atoms with van der Waals surface area (Å²) in [4.78, 5) is 21.8. The standard InChI is InChI=1S/C12H16N2O4/c1-8(2)18-12(15)7-10(13)9-5-3-4-6-11(9)14(16)17/h3-6,8,10H,7,13H2,1-2H3. The van der Waals surface area contributed by atoms with Gasteiger partial charge in [0.2, 0.25) is 0 Å². The van der Waals surface area contributed by atoms with E-state index in [1.807, 2.05) is 0 Å². The third-order valence-electron chi connectivity index (χ3n) is 2.29. The first-order chi connectivity index (χ1) is 8.41. The van der Waals surface area contributed by atoms with Crippen LogP contribution >= 0.6 is 0 Å². The molecule has 0 heterocycles. The van der Waals surface area contributed by atoms with Crippen LogP contribution in [0.5, 0.6) is 0 Å². The lowest BCUT2D eigenvalue weighted by atomic mass is 10.0. The van der Waals surface area contributed by atoms with Crippen LogP contribution in [0.25, 0.3) is 0 Å². The molecule has 1 aromatic carbocycles. The molecule has 0 fully saturated rings. The van der Waals surface area contributed by atoms with Gasteiger partial charge in [0.05, 0.1) is 17.4 Å². The molecule has 0 saturated heterocycles. The molecule has 98 valence electrons. The zero-order valence-electron chi connectivity index (χ0n) is 10.3. The van der Waals surface area contributed by atoms with Gasteiger partial charge in [-0.05, 0) is 13.8 Å². The number of nitro benzene ring substituents is 1. The summed E-state index contributed by atoms with van der Waals surface area (Å²) in [7, 11) is 0. The van der Waals surface area contributed by atoms with E-state index in [2.05, 4.69) is 0 Å². The number of hydrogen-bond acceptors (Lipinski definition) is 5. The van der Waals surface area contributed by atoms with Crippen LogP contribution in [0.1, 0.15) is 31.9 Å². The average molecular weight is 252 g/mol. The Labute approximate surface area is 105 Å². The number of ether oxygens (including phenoxy) is 1. The van der Waals surface area contributed by atoms with E-state index in [4.69, 9.17) is 10.5 Å². The van der Waals surface area contributed by atoms with Gasteiger partial charge in [-0.25, -0.2) is 0 Å². The molecular weight excluding hydrogens is 236 g/mol. The average Bonchev–Trinajstić information content (AvgIpc) is 2.27. The maximum Gasteiger partial charge on any atom is 0.307 e. The van der Waals surface area contributed by atoms with E-state index in [0.29, 0.717) is 5.56 Å². The van der Waals surface area contributed by atoms with Gasteiger partial charge in [0, 0.05) is 17.7 Å². The highest BCUT2D eigenvalue weighted by Crippen LogP contribution is 2.25. The smallest absolute Gasteiger partial charge is 0.307 e. The lowest BCUT2D eigenvalue weighted by Crippen LogP contribution is -2.20. The van der Waals surface area contributed by atoms with Crippen LogP contribution < -0.4 is 5.73 Å². The summed E-state index contributed by atoms with van der Waals surface area (Å²) in [6.45, 7) is 3.46. The number of nitrogens with zero attached hydrogens (tertiary/aromatic N) is 1. The number of hydrogen-bond donors (Lipinski definition) is 1. The van der Waals surface area contributed by atoms with Crippen LogP contribution in [0.2, 0.25) is 0 Å². The van der Waals surface area contributed by atoms with E-state index in [-0.39, 0.29) is 18.2 Å². The highest BCUT2D eigenvalue weighted by Gasteiger charge is 2.21. The topological polar surface area (TPSA) is 95.5 Å². The molecule has 0 bridgehead atoms. The summed E-state index contributed by atoms with van der Waals surface area (Å²) in [5, 5.41) is 10.8. The summed E-state index contributed by atoms with van der Waals surface area (Å²) >= 11 is 0. The minimum absolute atomic E-state index is 0.0803. The number of carbonyl (C=O) groups is 1. The normalized spacial score (nSPS) is 12.2. The molecule has 0 aromatic heterocycles. The van der Waals surface area contributed by atoms with Crippen molar-refractivity contribution in [3.63, 3.8) is 0 Å². The highest BCUT2D eigenvalue weighted by molar-refractivity contribution is 5.71. The first kappa shape index (κ1) is 14.1. The molecule has 1 aromatic rings. The van der Waals surface area contributed by atoms with Gasteiger partial charge in [-0.2, -0.15) is 0 Å². The maximum atomic E-state index is 11.4.